The molecular weight excluding hydrogens is 642 g/mol. The topological polar surface area (TPSA) is 74.3 Å². The molecule has 1 fully saturated rings. The van der Waals surface area contributed by atoms with Gasteiger partial charge in [-0.25, -0.2) is 0 Å². The molecule has 0 unspecified atom stereocenters. The Morgan fingerprint density at radius 3 is 1.75 bits per heavy atom. The lowest BCUT2D eigenvalue weighted by Gasteiger charge is -2.29. The second kappa shape index (κ2) is 14.5. The van der Waals surface area contributed by atoms with Gasteiger partial charge in [-0.1, -0.05) is 42.5 Å². The van der Waals surface area contributed by atoms with Gasteiger partial charge in [-0.05, 0) is 79.4 Å². The zero-order chi connectivity index (χ0) is 28.5. The Balaban J connectivity index is 1.64. The van der Waals surface area contributed by atoms with E-state index in [9.17, 15) is 9.59 Å². The van der Waals surface area contributed by atoms with E-state index in [4.69, 9.17) is 18.9 Å². The summed E-state index contributed by atoms with van der Waals surface area (Å²) in [5, 5.41) is 0. The quantitative estimate of drug-likeness (QED) is 0.133. The molecule has 1 heterocycles. The van der Waals surface area contributed by atoms with Gasteiger partial charge < -0.3 is 18.9 Å². The molecule has 0 aromatic heterocycles. The van der Waals surface area contributed by atoms with Gasteiger partial charge in [-0.2, -0.15) is 0 Å². The summed E-state index contributed by atoms with van der Waals surface area (Å²) in [6.45, 7) is 1.15. The number of rotatable bonds is 11. The Kier molecular flexibility index (Phi) is 10.9. The number of carbonyl (C=O) groups excluding carboxylic acids is 2. The first-order chi connectivity index (χ1) is 19.4. The minimum Gasteiger partial charge on any atom is -0.466 e. The maximum Gasteiger partial charge on any atom is 0.188 e. The first kappa shape index (κ1) is 29.9. The zero-order valence-electron chi connectivity index (χ0n) is 22.2. The minimum absolute atomic E-state index is 0.00146. The molecule has 0 amide bonds. The van der Waals surface area contributed by atoms with Crippen LogP contribution < -0.4 is 9.47 Å². The summed E-state index contributed by atoms with van der Waals surface area (Å²) in [6, 6.07) is 20.4. The van der Waals surface area contributed by atoms with Crippen LogP contribution in [0.5, 0.6) is 11.5 Å². The van der Waals surface area contributed by atoms with E-state index < -0.39 is 0 Å². The smallest absolute Gasteiger partial charge is 0.188 e. The lowest BCUT2D eigenvalue weighted by Crippen LogP contribution is -2.40. The maximum atomic E-state index is 13.7. The molecule has 0 saturated carbocycles. The van der Waals surface area contributed by atoms with Crippen LogP contribution in [0.1, 0.15) is 21.5 Å². The van der Waals surface area contributed by atoms with E-state index in [1.54, 1.807) is 26.4 Å². The Morgan fingerprint density at radius 1 is 0.800 bits per heavy atom. The van der Waals surface area contributed by atoms with Crippen molar-refractivity contribution in [3.8, 4) is 11.5 Å². The molecule has 4 rings (SSSR count). The van der Waals surface area contributed by atoms with Crippen molar-refractivity contribution in [3.05, 3.63) is 104 Å². The molecule has 40 heavy (non-hydrogen) atoms. The standard InChI is InChI=1S/C31H29Br2NO6/c1-37-19-39-29-10-8-21(14-26(29)32)12-24-16-34(18-28(35)23-6-4-3-5-7-23)17-25(31(24)36)13-22-9-11-30(27(33)15-22)40-20-38-2/h3-15H,16-20H2,1-2H3/b24-12+,25-13+. The summed E-state index contributed by atoms with van der Waals surface area (Å²) >= 11 is 7.06. The molecule has 0 bridgehead atoms. The lowest BCUT2D eigenvalue weighted by molar-refractivity contribution is -0.113. The molecule has 1 aliphatic heterocycles. The number of ketones is 2. The van der Waals surface area contributed by atoms with Gasteiger partial charge in [0.2, 0.25) is 0 Å². The van der Waals surface area contributed by atoms with E-state index in [0.29, 0.717) is 41.3 Å². The van der Waals surface area contributed by atoms with Crippen molar-refractivity contribution in [2.24, 2.45) is 0 Å². The average Bonchev–Trinajstić information content (AvgIpc) is 2.95. The lowest BCUT2D eigenvalue weighted by atomic mass is 9.93. The second-order valence-electron chi connectivity index (χ2n) is 9.08. The van der Waals surface area contributed by atoms with Crippen molar-refractivity contribution in [1.82, 2.24) is 4.90 Å². The SMILES string of the molecule is COCOc1ccc(/C=C2\CN(CC(=O)c3ccccc3)C/C(=C\c3ccc(OCOC)c(Br)c3)C2=O)cc1Br. The molecule has 3 aromatic rings. The Hall–Kier alpha value is -3.08. The van der Waals surface area contributed by atoms with Crippen molar-refractivity contribution in [2.45, 2.75) is 0 Å². The highest BCUT2D eigenvalue weighted by Crippen LogP contribution is 2.30. The fraction of sp³-hybridized carbons (Fsp3) is 0.226. The molecule has 3 aromatic carbocycles. The third-order valence-corrected chi connectivity index (χ3v) is 7.33. The van der Waals surface area contributed by atoms with E-state index in [-0.39, 0.29) is 31.7 Å². The van der Waals surface area contributed by atoms with Gasteiger partial charge in [0.25, 0.3) is 0 Å². The van der Waals surface area contributed by atoms with Gasteiger partial charge in [0, 0.05) is 44.0 Å². The van der Waals surface area contributed by atoms with Gasteiger partial charge in [0.1, 0.15) is 11.5 Å². The number of halogens is 2. The summed E-state index contributed by atoms with van der Waals surface area (Å²) in [4.78, 5) is 28.7. The van der Waals surface area contributed by atoms with Crippen LogP contribution in [0.2, 0.25) is 0 Å². The van der Waals surface area contributed by atoms with Crippen LogP contribution >= 0.6 is 31.9 Å². The third kappa shape index (κ3) is 7.99. The molecule has 1 saturated heterocycles. The largest absolute Gasteiger partial charge is 0.466 e. The van der Waals surface area contributed by atoms with Crippen LogP contribution in [0.25, 0.3) is 12.2 Å². The number of hydrogen-bond donors (Lipinski definition) is 0. The predicted molar refractivity (Wildman–Crippen MR) is 161 cm³/mol. The highest BCUT2D eigenvalue weighted by molar-refractivity contribution is 9.10. The molecular formula is C31H29Br2NO6. The molecule has 208 valence electrons. The van der Waals surface area contributed by atoms with Gasteiger partial charge in [-0.3, -0.25) is 14.5 Å². The normalized spacial score (nSPS) is 15.9. The molecule has 9 heteroatoms. The van der Waals surface area contributed by atoms with E-state index in [1.165, 1.54) is 0 Å². The summed E-state index contributed by atoms with van der Waals surface area (Å²) in [5.41, 5.74) is 3.49. The molecule has 0 N–H and O–H groups in total. The first-order valence-corrected chi connectivity index (χ1v) is 14.1. The van der Waals surface area contributed by atoms with Gasteiger partial charge in [0.15, 0.2) is 25.2 Å². The number of ether oxygens (including phenoxy) is 4. The monoisotopic (exact) mass is 669 g/mol. The number of methoxy groups -OCH3 is 2. The second-order valence-corrected chi connectivity index (χ2v) is 10.8. The van der Waals surface area contributed by atoms with Crippen LogP contribution in [0, 0.1) is 0 Å². The van der Waals surface area contributed by atoms with Crippen molar-refractivity contribution in [2.75, 3.05) is 47.4 Å². The number of likely N-dealkylation sites (tertiary alicyclic amines) is 1. The van der Waals surface area contributed by atoms with E-state index in [2.05, 4.69) is 31.9 Å². The third-order valence-electron chi connectivity index (χ3n) is 6.09. The number of piperidine rings is 1. The average molecular weight is 671 g/mol. The first-order valence-electron chi connectivity index (χ1n) is 12.5. The van der Waals surface area contributed by atoms with Crippen molar-refractivity contribution >= 4 is 55.6 Å². The Bertz CT molecular complexity index is 1340. The minimum atomic E-state index is -0.0601. The number of benzene rings is 3. The van der Waals surface area contributed by atoms with Crippen LogP contribution in [0.3, 0.4) is 0 Å². The summed E-state index contributed by atoms with van der Waals surface area (Å²) in [5.74, 6) is 1.21. The fourth-order valence-electron chi connectivity index (χ4n) is 4.24. The Labute approximate surface area is 250 Å². The fourth-order valence-corrected chi connectivity index (χ4v) is 5.26. The molecule has 1 aliphatic rings. The number of nitrogens with zero attached hydrogens (tertiary/aromatic N) is 1. The Morgan fingerprint density at radius 2 is 1.30 bits per heavy atom. The predicted octanol–water partition coefficient (Wildman–Crippen LogP) is 6.41. The summed E-state index contributed by atoms with van der Waals surface area (Å²) < 4.78 is 22.5. The van der Waals surface area contributed by atoms with Crippen molar-refractivity contribution < 1.29 is 28.5 Å². The molecule has 0 spiro atoms. The molecule has 0 aliphatic carbocycles. The van der Waals surface area contributed by atoms with Crippen LogP contribution in [0.4, 0.5) is 0 Å². The molecule has 0 atom stereocenters. The van der Waals surface area contributed by atoms with Crippen molar-refractivity contribution in [1.29, 1.82) is 0 Å². The summed E-state index contributed by atoms with van der Waals surface area (Å²) in [7, 11) is 3.12. The number of carbonyl (C=O) groups is 2. The zero-order valence-corrected chi connectivity index (χ0v) is 25.4. The van der Waals surface area contributed by atoms with Gasteiger partial charge in [0.05, 0.1) is 15.5 Å². The molecule has 0 radical (unpaired) electrons. The van der Waals surface area contributed by atoms with E-state index in [1.807, 2.05) is 71.6 Å². The number of hydrogen-bond acceptors (Lipinski definition) is 7. The van der Waals surface area contributed by atoms with E-state index in [0.717, 1.165) is 20.1 Å². The number of Topliss-reactive ketones (excluding diaryl/α,β-unsaturated/α-hetero) is 2. The molecule has 7 nitrogen and oxygen atoms in total. The van der Waals surface area contributed by atoms with Crippen molar-refractivity contribution in [3.63, 3.8) is 0 Å². The summed E-state index contributed by atoms with van der Waals surface area (Å²) in [6.07, 6.45) is 3.72. The highest BCUT2D eigenvalue weighted by Gasteiger charge is 2.28. The van der Waals surface area contributed by atoms with Crippen LogP contribution in [0.15, 0.2) is 86.8 Å². The van der Waals surface area contributed by atoms with Gasteiger partial charge >= 0.3 is 0 Å². The maximum absolute atomic E-state index is 13.7. The van der Waals surface area contributed by atoms with E-state index >= 15 is 0 Å². The van der Waals surface area contributed by atoms with Crippen LogP contribution in [-0.4, -0.2) is 63.9 Å². The highest BCUT2D eigenvalue weighted by atomic mass is 79.9. The van der Waals surface area contributed by atoms with Crippen LogP contribution in [-0.2, 0) is 14.3 Å². The van der Waals surface area contributed by atoms with Gasteiger partial charge in [-0.15, -0.1) is 0 Å².